The van der Waals surface area contributed by atoms with Gasteiger partial charge < -0.3 is 5.32 Å². The van der Waals surface area contributed by atoms with Gasteiger partial charge in [0.15, 0.2) is 0 Å². The lowest BCUT2D eigenvalue weighted by molar-refractivity contribution is 0.770. The molecular formula is C12H21N. The number of hydrogen-bond donors (Lipinski definition) is 1. The third-order valence-corrected chi connectivity index (χ3v) is 2.29. The first kappa shape index (κ1) is 12.0. The fraction of sp³-hybridized carbons (Fsp3) is 0.500. The van der Waals surface area contributed by atoms with Crippen molar-refractivity contribution >= 4 is 0 Å². The van der Waals surface area contributed by atoms with Crippen molar-refractivity contribution < 1.29 is 0 Å². The van der Waals surface area contributed by atoms with Crippen LogP contribution in [-0.4, -0.2) is 7.05 Å². The van der Waals surface area contributed by atoms with Crippen molar-refractivity contribution in [1.82, 2.24) is 5.32 Å². The van der Waals surface area contributed by atoms with Crippen molar-refractivity contribution in [2.24, 2.45) is 5.92 Å². The van der Waals surface area contributed by atoms with E-state index in [1.807, 2.05) is 7.05 Å². The van der Waals surface area contributed by atoms with Gasteiger partial charge in [-0.1, -0.05) is 36.8 Å². The molecule has 0 aromatic carbocycles. The van der Waals surface area contributed by atoms with Crippen LogP contribution in [-0.2, 0) is 0 Å². The molecular weight excluding hydrogens is 158 g/mol. The van der Waals surface area contributed by atoms with Crippen molar-refractivity contribution in [2.45, 2.75) is 27.7 Å². The van der Waals surface area contributed by atoms with Crippen molar-refractivity contribution in [1.29, 1.82) is 0 Å². The van der Waals surface area contributed by atoms with Crippen LogP contribution < -0.4 is 5.32 Å². The second-order valence-corrected chi connectivity index (χ2v) is 3.61. The predicted molar refractivity (Wildman–Crippen MR) is 60.6 cm³/mol. The topological polar surface area (TPSA) is 12.0 Å². The molecule has 0 rings (SSSR count). The van der Waals surface area contributed by atoms with E-state index in [-0.39, 0.29) is 0 Å². The molecule has 0 aliphatic rings. The Morgan fingerprint density at radius 1 is 1.31 bits per heavy atom. The lowest BCUT2D eigenvalue weighted by Gasteiger charge is -2.09. The summed E-state index contributed by atoms with van der Waals surface area (Å²) in [6.07, 6.45) is 4.32. The van der Waals surface area contributed by atoms with Crippen LogP contribution >= 0.6 is 0 Å². The summed E-state index contributed by atoms with van der Waals surface area (Å²) in [6.45, 7) is 12.4. The number of nitrogens with one attached hydrogen (secondary N) is 1. The number of rotatable bonds is 4. The van der Waals surface area contributed by atoms with Crippen molar-refractivity contribution in [3.63, 3.8) is 0 Å². The van der Waals surface area contributed by atoms with Gasteiger partial charge in [0.05, 0.1) is 0 Å². The summed E-state index contributed by atoms with van der Waals surface area (Å²) in [5.74, 6) is 0.388. The Labute approximate surface area is 82.2 Å². The minimum Gasteiger partial charge on any atom is -0.391 e. The second kappa shape index (κ2) is 5.63. The molecule has 0 aromatic heterocycles. The highest BCUT2D eigenvalue weighted by atomic mass is 14.8. The second-order valence-electron chi connectivity index (χ2n) is 3.61. The van der Waals surface area contributed by atoms with Gasteiger partial charge in [0, 0.05) is 18.7 Å². The molecule has 0 heterocycles. The minimum absolute atomic E-state index is 0.388. The van der Waals surface area contributed by atoms with Crippen LogP contribution in [0.5, 0.6) is 0 Å². The lowest BCUT2D eigenvalue weighted by atomic mass is 10.1. The van der Waals surface area contributed by atoms with Crippen LogP contribution in [0.25, 0.3) is 0 Å². The molecule has 0 spiro atoms. The smallest absolute Gasteiger partial charge is 0.0135 e. The molecule has 1 nitrogen and oxygen atoms in total. The van der Waals surface area contributed by atoms with Gasteiger partial charge in [-0.25, -0.2) is 0 Å². The Bertz CT molecular complexity index is 230. The van der Waals surface area contributed by atoms with Gasteiger partial charge >= 0.3 is 0 Å². The summed E-state index contributed by atoms with van der Waals surface area (Å²) in [4.78, 5) is 0. The van der Waals surface area contributed by atoms with Gasteiger partial charge in [0.2, 0.25) is 0 Å². The average molecular weight is 179 g/mol. The lowest BCUT2D eigenvalue weighted by Crippen LogP contribution is -2.10. The maximum atomic E-state index is 3.92. The van der Waals surface area contributed by atoms with Crippen LogP contribution in [0.3, 0.4) is 0 Å². The van der Waals surface area contributed by atoms with E-state index in [2.05, 4.69) is 51.7 Å². The van der Waals surface area contributed by atoms with Gasteiger partial charge in [-0.15, -0.1) is 0 Å². The molecule has 0 bridgehead atoms. The van der Waals surface area contributed by atoms with E-state index in [0.29, 0.717) is 5.92 Å². The monoisotopic (exact) mass is 179 g/mol. The highest BCUT2D eigenvalue weighted by molar-refractivity contribution is 5.23. The van der Waals surface area contributed by atoms with E-state index in [1.165, 1.54) is 11.1 Å². The standard InChI is InChI=1S/C12H21N/c1-9(2)10(3)7-8-11(4)12(5)13-6/h7-8,11,13H,5H2,1-4,6H3/b8-7-. The Hall–Kier alpha value is -0.980. The highest BCUT2D eigenvalue weighted by Crippen LogP contribution is 2.10. The molecule has 13 heavy (non-hydrogen) atoms. The molecule has 74 valence electrons. The summed E-state index contributed by atoms with van der Waals surface area (Å²) in [7, 11) is 1.90. The molecule has 1 atom stereocenters. The molecule has 0 aliphatic carbocycles. The Morgan fingerprint density at radius 3 is 2.23 bits per heavy atom. The zero-order valence-electron chi connectivity index (χ0n) is 9.44. The maximum absolute atomic E-state index is 3.92. The molecule has 1 unspecified atom stereocenters. The van der Waals surface area contributed by atoms with Gasteiger partial charge in [-0.05, 0) is 20.8 Å². The van der Waals surface area contributed by atoms with Crippen LogP contribution in [0.4, 0.5) is 0 Å². The maximum Gasteiger partial charge on any atom is 0.0135 e. The third-order valence-electron chi connectivity index (χ3n) is 2.29. The zero-order valence-corrected chi connectivity index (χ0v) is 9.44. The summed E-state index contributed by atoms with van der Waals surface area (Å²) in [5, 5.41) is 3.06. The van der Waals surface area contributed by atoms with Crippen LogP contribution in [0, 0.1) is 5.92 Å². The van der Waals surface area contributed by atoms with Gasteiger partial charge in [-0.3, -0.25) is 0 Å². The minimum atomic E-state index is 0.388. The SMILES string of the molecule is C=C(NC)C(C)/C=C\C(C)=C(C)C. The summed E-state index contributed by atoms with van der Waals surface area (Å²) >= 11 is 0. The largest absolute Gasteiger partial charge is 0.391 e. The van der Waals surface area contributed by atoms with E-state index in [0.717, 1.165) is 5.70 Å². The molecule has 0 aromatic rings. The fourth-order valence-electron chi connectivity index (χ4n) is 0.799. The Kier molecular flexibility index (Phi) is 5.20. The fourth-order valence-corrected chi connectivity index (χ4v) is 0.799. The quantitative estimate of drug-likeness (QED) is 0.653. The van der Waals surface area contributed by atoms with E-state index >= 15 is 0 Å². The molecule has 1 N–H and O–H groups in total. The molecule has 0 fully saturated rings. The van der Waals surface area contributed by atoms with Crippen molar-refractivity contribution in [3.8, 4) is 0 Å². The molecule has 0 saturated heterocycles. The van der Waals surface area contributed by atoms with E-state index in [1.54, 1.807) is 0 Å². The number of hydrogen-bond acceptors (Lipinski definition) is 1. The van der Waals surface area contributed by atoms with Crippen LogP contribution in [0.2, 0.25) is 0 Å². The summed E-state index contributed by atoms with van der Waals surface area (Å²) in [6, 6.07) is 0. The molecule has 0 aliphatic heterocycles. The predicted octanol–water partition coefficient (Wildman–Crippen LogP) is 3.27. The zero-order chi connectivity index (χ0) is 10.4. The van der Waals surface area contributed by atoms with Crippen LogP contribution in [0.1, 0.15) is 27.7 Å². The average Bonchev–Trinajstić information content (AvgIpc) is 2.11. The van der Waals surface area contributed by atoms with E-state index < -0.39 is 0 Å². The first-order valence-corrected chi connectivity index (χ1v) is 4.67. The molecule has 0 radical (unpaired) electrons. The van der Waals surface area contributed by atoms with Gasteiger partial charge in [0.25, 0.3) is 0 Å². The van der Waals surface area contributed by atoms with Gasteiger partial charge in [-0.2, -0.15) is 0 Å². The van der Waals surface area contributed by atoms with E-state index in [4.69, 9.17) is 0 Å². The van der Waals surface area contributed by atoms with E-state index in [9.17, 15) is 0 Å². The van der Waals surface area contributed by atoms with Crippen LogP contribution in [0.15, 0.2) is 35.6 Å². The Morgan fingerprint density at radius 2 is 1.85 bits per heavy atom. The first-order chi connectivity index (χ1) is 5.99. The number of allylic oxidation sites excluding steroid dienone is 4. The molecule has 0 saturated carbocycles. The van der Waals surface area contributed by atoms with Gasteiger partial charge in [0.1, 0.15) is 0 Å². The van der Waals surface area contributed by atoms with Crippen molar-refractivity contribution in [2.75, 3.05) is 7.05 Å². The normalized spacial score (nSPS) is 12.7. The first-order valence-electron chi connectivity index (χ1n) is 4.67. The summed E-state index contributed by atoms with van der Waals surface area (Å²) in [5.41, 5.74) is 3.74. The molecule has 0 amide bonds. The third kappa shape index (κ3) is 4.56. The van der Waals surface area contributed by atoms with Crippen molar-refractivity contribution in [3.05, 3.63) is 35.6 Å². The molecule has 1 heteroatoms. The summed E-state index contributed by atoms with van der Waals surface area (Å²) < 4.78 is 0. The Balaban J connectivity index is 4.29. The highest BCUT2D eigenvalue weighted by Gasteiger charge is 1.98.